The number of aromatic nitrogens is 3. The van der Waals surface area contributed by atoms with Gasteiger partial charge in [0.25, 0.3) is 15.9 Å². The van der Waals surface area contributed by atoms with Gasteiger partial charge >= 0.3 is 6.18 Å². The van der Waals surface area contributed by atoms with Gasteiger partial charge in [-0.25, -0.2) is 13.1 Å². The molecule has 298 valence electrons. The first-order valence-corrected chi connectivity index (χ1v) is 20.6. The maximum Gasteiger partial charge on any atom is 0.418 e. The van der Waals surface area contributed by atoms with Crippen LogP contribution in [0.4, 0.5) is 24.7 Å². The van der Waals surface area contributed by atoms with Crippen molar-refractivity contribution in [1.29, 1.82) is 0 Å². The predicted octanol–water partition coefficient (Wildman–Crippen LogP) is 6.56. The lowest BCUT2D eigenvalue weighted by atomic mass is 9.97. The maximum absolute atomic E-state index is 14.0. The third-order valence-corrected chi connectivity index (χ3v) is 11.4. The number of piperazine rings is 1. The third kappa shape index (κ3) is 10.8. The van der Waals surface area contributed by atoms with E-state index < -0.39 is 32.6 Å². The fourth-order valence-electron chi connectivity index (χ4n) is 6.22. The standard InChI is InChI=1S/C40H40F3N7O5S2/c1-2-55-30-24-29(26-44-27-30)33-11-7-6-8-28(33)12-17-38(51)50-21-19-49(20-22-50)37-16-15-36(46-47-37)39(52)48-57(53,54)32-13-14-35(34(25-32)40(41,42)43)45-18-23-56-31-9-4-3-5-10-31/h3-11,13-16,24-27,45H,2,12,17-23H2,1H3,(H,48,52). The first kappa shape index (κ1) is 41.0. The lowest BCUT2D eigenvalue weighted by Gasteiger charge is -2.35. The average Bonchev–Trinajstić information content (AvgIpc) is 3.22. The van der Waals surface area contributed by atoms with Gasteiger partial charge in [-0.15, -0.1) is 22.0 Å². The number of pyridine rings is 1. The zero-order chi connectivity index (χ0) is 40.4. The van der Waals surface area contributed by atoms with E-state index in [0.717, 1.165) is 33.7 Å². The lowest BCUT2D eigenvalue weighted by Crippen LogP contribution is -2.49. The normalized spacial score (nSPS) is 13.3. The second kappa shape index (κ2) is 18.5. The molecule has 1 aliphatic rings. The molecule has 0 unspecified atom stereocenters. The van der Waals surface area contributed by atoms with Crippen LogP contribution in [0, 0.1) is 0 Å². The van der Waals surface area contributed by atoms with Gasteiger partial charge in [0.1, 0.15) is 5.75 Å². The van der Waals surface area contributed by atoms with Crippen LogP contribution in [0.25, 0.3) is 11.1 Å². The lowest BCUT2D eigenvalue weighted by molar-refractivity contribution is -0.137. The SMILES string of the molecule is CCOc1cncc(-c2ccccc2CCC(=O)N2CCN(c3ccc(C(=O)NS(=O)(=O)c4ccc(NCCSc5ccccc5)c(C(F)(F)F)c4)nn3)CC2)c1. The van der Waals surface area contributed by atoms with Crippen molar-refractivity contribution in [3.05, 3.63) is 120 Å². The molecule has 57 heavy (non-hydrogen) atoms. The van der Waals surface area contributed by atoms with Crippen LogP contribution in [-0.4, -0.2) is 85.4 Å². The summed E-state index contributed by atoms with van der Waals surface area (Å²) in [7, 11) is -4.71. The molecule has 1 fully saturated rings. The number of hydrogen-bond acceptors (Lipinski definition) is 11. The number of amides is 2. The molecule has 17 heteroatoms. The van der Waals surface area contributed by atoms with E-state index in [0.29, 0.717) is 69.0 Å². The Kier molecular flexibility index (Phi) is 13.3. The minimum absolute atomic E-state index is 0.0103. The number of benzene rings is 3. The molecule has 3 aromatic carbocycles. The summed E-state index contributed by atoms with van der Waals surface area (Å²) in [4.78, 5) is 34.3. The molecule has 0 atom stereocenters. The number of aryl methyl sites for hydroxylation is 1. The van der Waals surface area contributed by atoms with Crippen molar-refractivity contribution in [3.63, 3.8) is 0 Å². The Balaban J connectivity index is 1.00. The number of carbonyl (C=O) groups is 2. The molecule has 3 heterocycles. The number of sulfonamides is 1. The highest BCUT2D eigenvalue weighted by Crippen LogP contribution is 2.36. The number of ether oxygens (including phenoxy) is 1. The number of nitrogens with zero attached hydrogens (tertiary/aromatic N) is 5. The first-order valence-electron chi connectivity index (χ1n) is 18.1. The number of alkyl halides is 3. The first-order chi connectivity index (χ1) is 27.4. The molecule has 0 aliphatic carbocycles. The Labute approximate surface area is 332 Å². The highest BCUT2D eigenvalue weighted by Gasteiger charge is 2.35. The van der Waals surface area contributed by atoms with Crippen LogP contribution in [0.3, 0.4) is 0 Å². The molecule has 0 bridgehead atoms. The van der Waals surface area contributed by atoms with Gasteiger partial charge in [0, 0.05) is 67.2 Å². The number of anilines is 2. The van der Waals surface area contributed by atoms with Gasteiger partial charge in [-0.1, -0.05) is 42.5 Å². The van der Waals surface area contributed by atoms with Crippen LogP contribution >= 0.6 is 11.8 Å². The number of thioether (sulfide) groups is 1. The molecule has 1 saturated heterocycles. The monoisotopic (exact) mass is 819 g/mol. The van der Waals surface area contributed by atoms with E-state index in [1.807, 2.05) is 72.5 Å². The van der Waals surface area contributed by atoms with Crippen LogP contribution < -0.4 is 19.7 Å². The van der Waals surface area contributed by atoms with E-state index in [9.17, 15) is 31.2 Å². The Morgan fingerprint density at radius 1 is 0.895 bits per heavy atom. The summed E-state index contributed by atoms with van der Waals surface area (Å²) in [6, 6.07) is 24.5. The van der Waals surface area contributed by atoms with E-state index in [1.54, 1.807) is 22.0 Å². The molecule has 6 rings (SSSR count). The maximum atomic E-state index is 14.0. The van der Waals surface area contributed by atoms with E-state index in [1.165, 1.54) is 23.9 Å². The van der Waals surface area contributed by atoms with Crippen molar-refractivity contribution < 1.29 is 35.9 Å². The summed E-state index contributed by atoms with van der Waals surface area (Å²) >= 11 is 1.46. The molecule has 2 aromatic heterocycles. The van der Waals surface area contributed by atoms with Gasteiger partial charge in [-0.3, -0.25) is 14.6 Å². The zero-order valence-corrected chi connectivity index (χ0v) is 32.5. The average molecular weight is 820 g/mol. The molecule has 1 aliphatic heterocycles. The molecule has 5 aromatic rings. The highest BCUT2D eigenvalue weighted by molar-refractivity contribution is 7.99. The largest absolute Gasteiger partial charge is 0.492 e. The van der Waals surface area contributed by atoms with Gasteiger partial charge in [0.05, 0.1) is 23.3 Å². The topological polar surface area (TPSA) is 147 Å². The van der Waals surface area contributed by atoms with E-state index in [4.69, 9.17) is 4.74 Å². The number of rotatable bonds is 15. The summed E-state index contributed by atoms with van der Waals surface area (Å²) in [5.41, 5.74) is 1.10. The summed E-state index contributed by atoms with van der Waals surface area (Å²) < 4.78 is 75.5. The number of nitrogens with one attached hydrogen (secondary N) is 2. The minimum Gasteiger partial charge on any atom is -0.492 e. The fraction of sp³-hybridized carbons (Fsp3) is 0.275. The second-order valence-electron chi connectivity index (χ2n) is 12.9. The molecule has 0 radical (unpaired) electrons. The molecular weight excluding hydrogens is 780 g/mol. The molecule has 12 nitrogen and oxygen atoms in total. The molecule has 0 spiro atoms. The number of halogens is 3. The highest BCUT2D eigenvalue weighted by atomic mass is 32.2. The van der Waals surface area contributed by atoms with E-state index in [2.05, 4.69) is 20.5 Å². The van der Waals surface area contributed by atoms with Crippen molar-refractivity contribution in [2.24, 2.45) is 0 Å². The molecule has 2 N–H and O–H groups in total. The van der Waals surface area contributed by atoms with Crippen LogP contribution in [0.1, 0.15) is 35.0 Å². The second-order valence-corrected chi connectivity index (χ2v) is 15.7. The summed E-state index contributed by atoms with van der Waals surface area (Å²) in [5, 5.41) is 10.7. The number of hydrogen-bond donors (Lipinski definition) is 2. The quantitative estimate of drug-likeness (QED) is 0.0875. The molecule has 2 amide bonds. The van der Waals surface area contributed by atoms with Crippen molar-refractivity contribution >= 4 is 45.1 Å². The predicted molar refractivity (Wildman–Crippen MR) is 212 cm³/mol. The van der Waals surface area contributed by atoms with Gasteiger partial charge in [0.15, 0.2) is 11.5 Å². The van der Waals surface area contributed by atoms with Crippen molar-refractivity contribution in [3.8, 4) is 16.9 Å². The van der Waals surface area contributed by atoms with E-state index in [-0.39, 0.29) is 23.8 Å². The molecular formula is C40H40F3N7O5S2. The van der Waals surface area contributed by atoms with Crippen molar-refractivity contribution in [1.82, 2.24) is 24.8 Å². The summed E-state index contributed by atoms with van der Waals surface area (Å²) in [6.07, 6.45) is -0.575. The van der Waals surface area contributed by atoms with Gasteiger partial charge in [-0.2, -0.15) is 13.2 Å². The summed E-state index contributed by atoms with van der Waals surface area (Å²) in [5.74, 6) is 0.414. The van der Waals surface area contributed by atoms with Gasteiger partial charge < -0.3 is 19.9 Å². The summed E-state index contributed by atoms with van der Waals surface area (Å²) in [6.45, 7) is 4.39. The fourth-order valence-corrected chi connectivity index (χ4v) is 7.99. The third-order valence-electron chi connectivity index (χ3n) is 9.06. The Morgan fingerprint density at radius 2 is 1.65 bits per heavy atom. The van der Waals surface area contributed by atoms with E-state index >= 15 is 0 Å². The van der Waals surface area contributed by atoms with Crippen molar-refractivity contribution in [2.45, 2.75) is 35.7 Å². The van der Waals surface area contributed by atoms with Crippen LogP contribution in [0.15, 0.2) is 113 Å². The van der Waals surface area contributed by atoms with Gasteiger partial charge in [0.2, 0.25) is 5.91 Å². The Bertz CT molecular complexity index is 2270. The number of carbonyl (C=O) groups excluding carboxylic acids is 2. The smallest absolute Gasteiger partial charge is 0.418 e. The van der Waals surface area contributed by atoms with Crippen molar-refractivity contribution in [2.75, 3.05) is 55.3 Å². The molecule has 0 saturated carbocycles. The zero-order valence-electron chi connectivity index (χ0n) is 30.9. The van der Waals surface area contributed by atoms with Crippen LogP contribution in [0.5, 0.6) is 5.75 Å². The van der Waals surface area contributed by atoms with Crippen LogP contribution in [-0.2, 0) is 27.4 Å². The van der Waals surface area contributed by atoms with Gasteiger partial charge in [-0.05, 0) is 73.0 Å². The Hall–Kier alpha value is -5.68. The van der Waals surface area contributed by atoms with Crippen LogP contribution in [0.2, 0.25) is 0 Å². The Morgan fingerprint density at radius 3 is 2.37 bits per heavy atom. The minimum atomic E-state index is -4.87.